The lowest BCUT2D eigenvalue weighted by Crippen LogP contribution is -2.22. The topological polar surface area (TPSA) is 83.1 Å². The van der Waals surface area contributed by atoms with E-state index in [-0.39, 0.29) is 22.6 Å². The van der Waals surface area contributed by atoms with Crippen LogP contribution in [-0.4, -0.2) is 38.1 Å². The van der Waals surface area contributed by atoms with Gasteiger partial charge in [-0.25, -0.2) is 0 Å². The summed E-state index contributed by atoms with van der Waals surface area (Å²) < 4.78 is 11.8. The van der Waals surface area contributed by atoms with Gasteiger partial charge in [0, 0.05) is 59.9 Å². The molecule has 2 aliphatic rings. The molecule has 300 valence electrons. The predicted octanol–water partition coefficient (Wildman–Crippen LogP) is 11.6. The van der Waals surface area contributed by atoms with E-state index in [0.717, 1.165) is 82.6 Å². The molecule has 0 radical (unpaired) electrons. The number of anilines is 6. The van der Waals surface area contributed by atoms with E-state index >= 15 is 0 Å². The predicted molar refractivity (Wildman–Crippen MR) is 233 cm³/mol. The smallest absolute Gasteiger partial charge is 0.224 e. The van der Waals surface area contributed by atoms with Crippen molar-refractivity contribution in [1.29, 1.82) is 0 Å². The third kappa shape index (κ3) is 11.2. The fourth-order valence-corrected chi connectivity index (χ4v) is 7.49. The van der Waals surface area contributed by atoms with Crippen molar-refractivity contribution in [3.8, 4) is 5.75 Å². The maximum atomic E-state index is 12.4. The van der Waals surface area contributed by atoms with E-state index in [1.807, 2.05) is 0 Å². The zero-order chi connectivity index (χ0) is 40.9. The van der Waals surface area contributed by atoms with Gasteiger partial charge in [-0.1, -0.05) is 65.3 Å². The minimum atomic E-state index is -0.0280. The van der Waals surface area contributed by atoms with Gasteiger partial charge in [-0.05, 0) is 129 Å². The number of hydrogen-bond acceptors (Lipinski definition) is 6. The summed E-state index contributed by atoms with van der Waals surface area (Å²) in [5.41, 5.74) is 14.4. The van der Waals surface area contributed by atoms with Gasteiger partial charge >= 0.3 is 0 Å². The number of carbonyl (C=O) groups excluding carboxylic acids is 2. The lowest BCUT2D eigenvalue weighted by atomic mass is 9.92. The number of fused-ring (bicyclic) bond motifs is 2. The fraction of sp³-hybridized carbons (Fsp3) is 0.458. The number of amides is 2. The molecule has 0 unspecified atom stereocenters. The summed E-state index contributed by atoms with van der Waals surface area (Å²) in [7, 11) is 0. The second kappa shape index (κ2) is 17.5. The summed E-state index contributed by atoms with van der Waals surface area (Å²) in [5, 5.41) is 6.24. The van der Waals surface area contributed by atoms with Crippen molar-refractivity contribution < 1.29 is 19.1 Å². The molecule has 0 saturated carbocycles. The number of aryl methyl sites for hydroxylation is 6. The van der Waals surface area contributed by atoms with Gasteiger partial charge in [0.25, 0.3) is 0 Å². The van der Waals surface area contributed by atoms with Crippen LogP contribution in [0.5, 0.6) is 5.75 Å². The summed E-state index contributed by atoms with van der Waals surface area (Å²) in [5.74, 6) is 1.07. The van der Waals surface area contributed by atoms with Crippen LogP contribution in [0.3, 0.4) is 0 Å². The first-order chi connectivity index (χ1) is 26.3. The van der Waals surface area contributed by atoms with Crippen LogP contribution < -0.4 is 25.2 Å². The molecule has 0 aliphatic carbocycles. The largest absolute Gasteiger partial charge is 0.491 e. The highest BCUT2D eigenvalue weighted by Crippen LogP contribution is 2.39. The third-order valence-electron chi connectivity index (χ3n) is 10.0. The Balaban J connectivity index is 0.000000214. The highest BCUT2D eigenvalue weighted by molar-refractivity contribution is 5.94. The van der Waals surface area contributed by atoms with Crippen LogP contribution in [0.4, 0.5) is 34.1 Å². The minimum Gasteiger partial charge on any atom is -0.491 e. The summed E-state index contributed by atoms with van der Waals surface area (Å²) >= 11 is 0. The Morgan fingerprint density at radius 1 is 0.607 bits per heavy atom. The molecule has 56 heavy (non-hydrogen) atoms. The van der Waals surface area contributed by atoms with Crippen LogP contribution in [0.1, 0.15) is 99.7 Å². The Hall–Kier alpha value is -4.82. The number of benzene rings is 4. The Bertz CT molecular complexity index is 1860. The molecule has 8 nitrogen and oxygen atoms in total. The first-order valence-electron chi connectivity index (χ1n) is 20.1. The van der Waals surface area contributed by atoms with E-state index in [1.165, 1.54) is 22.4 Å². The third-order valence-corrected chi connectivity index (χ3v) is 10.0. The maximum Gasteiger partial charge on any atom is 0.224 e. The number of nitrogens with zero attached hydrogens (tertiary/aromatic N) is 2. The van der Waals surface area contributed by atoms with Crippen molar-refractivity contribution in [1.82, 2.24) is 0 Å². The molecule has 8 heteroatoms. The Kier molecular flexibility index (Phi) is 13.3. The summed E-state index contributed by atoms with van der Waals surface area (Å²) in [6.45, 7) is 28.7. The van der Waals surface area contributed by atoms with E-state index in [9.17, 15) is 9.59 Å². The number of ether oxygens (including phenoxy) is 2. The van der Waals surface area contributed by atoms with Gasteiger partial charge in [-0.15, -0.1) is 0 Å². The summed E-state index contributed by atoms with van der Waals surface area (Å²) in [6, 6.07) is 21.6. The molecular formula is C48H64N4O4. The molecule has 2 aliphatic heterocycles. The normalized spacial score (nSPS) is 14.3. The summed E-state index contributed by atoms with van der Waals surface area (Å²) in [4.78, 5) is 29.5. The van der Waals surface area contributed by atoms with Crippen molar-refractivity contribution in [2.24, 2.45) is 10.8 Å². The standard InChI is InChI=1S/2C24H32N2O2/c1-16-8-9-20-21(12-16)28-11-7-10-26(20)19-13-17(2)23(18(3)14-19)25-22(27)15-24(4,5)6;1-16-7-8-21-19(11-16)15-28-10-9-26(21)20-12-17(2)23(18(3)13-20)25-22(27)14-24(4,5)6/h8-9,12-14H,7,10-11,15H2,1-6H3,(H,25,27);7-8,11-13H,9-10,14-15H2,1-6H3,(H,25,27). The van der Waals surface area contributed by atoms with E-state index in [2.05, 4.69) is 164 Å². The highest BCUT2D eigenvalue weighted by Gasteiger charge is 2.23. The van der Waals surface area contributed by atoms with Crippen LogP contribution in [0, 0.1) is 52.4 Å². The van der Waals surface area contributed by atoms with Gasteiger partial charge in [0.05, 0.1) is 25.5 Å². The molecule has 6 rings (SSSR count). The molecule has 2 N–H and O–H groups in total. The van der Waals surface area contributed by atoms with Gasteiger partial charge in [0.1, 0.15) is 5.75 Å². The average Bonchev–Trinajstić information content (AvgIpc) is 3.42. The molecule has 0 bridgehead atoms. The number of carbonyl (C=O) groups is 2. The lowest BCUT2D eigenvalue weighted by molar-refractivity contribution is -0.118. The average molecular weight is 761 g/mol. The SMILES string of the molecule is Cc1ccc2c(c1)COCCN2c1cc(C)c(NC(=O)CC(C)(C)C)c(C)c1.Cc1ccc2c(c1)OCCCN2c1cc(C)c(NC(=O)CC(C)(C)C)c(C)c1. The van der Waals surface area contributed by atoms with Gasteiger partial charge in [0.2, 0.25) is 11.8 Å². The molecular weight excluding hydrogens is 697 g/mol. The van der Waals surface area contributed by atoms with E-state index < -0.39 is 0 Å². The maximum absolute atomic E-state index is 12.4. The number of nitrogens with one attached hydrogen (secondary N) is 2. The second-order valence-electron chi connectivity index (χ2n) is 18.1. The van der Waals surface area contributed by atoms with Gasteiger partial charge < -0.3 is 29.9 Å². The molecule has 2 heterocycles. The van der Waals surface area contributed by atoms with E-state index in [0.29, 0.717) is 26.1 Å². The van der Waals surface area contributed by atoms with Crippen LogP contribution in [-0.2, 0) is 20.9 Å². The van der Waals surface area contributed by atoms with Crippen LogP contribution in [0.15, 0.2) is 60.7 Å². The van der Waals surface area contributed by atoms with Crippen molar-refractivity contribution in [3.63, 3.8) is 0 Å². The second-order valence-corrected chi connectivity index (χ2v) is 18.1. The van der Waals surface area contributed by atoms with Crippen molar-refractivity contribution >= 4 is 45.9 Å². The Morgan fingerprint density at radius 3 is 1.57 bits per heavy atom. The first-order valence-corrected chi connectivity index (χ1v) is 20.1. The lowest BCUT2D eigenvalue weighted by Gasteiger charge is -2.27. The molecule has 2 amide bonds. The Labute approximate surface area is 336 Å². The Morgan fingerprint density at radius 2 is 1.07 bits per heavy atom. The minimum absolute atomic E-state index is 0.0280. The summed E-state index contributed by atoms with van der Waals surface area (Å²) in [6.07, 6.45) is 1.98. The van der Waals surface area contributed by atoms with Crippen LogP contribution in [0.25, 0.3) is 0 Å². The fourth-order valence-electron chi connectivity index (χ4n) is 7.49. The molecule has 0 fully saturated rings. The quantitative estimate of drug-likeness (QED) is 0.204. The molecule has 4 aromatic rings. The molecule has 0 atom stereocenters. The first kappa shape index (κ1) is 42.3. The number of hydrogen-bond donors (Lipinski definition) is 2. The monoisotopic (exact) mass is 760 g/mol. The van der Waals surface area contributed by atoms with Crippen molar-refractivity contribution in [2.75, 3.05) is 46.7 Å². The molecule has 0 aromatic heterocycles. The molecule has 0 spiro atoms. The number of rotatable bonds is 6. The van der Waals surface area contributed by atoms with Gasteiger partial charge in [0.15, 0.2) is 0 Å². The highest BCUT2D eigenvalue weighted by atomic mass is 16.5. The van der Waals surface area contributed by atoms with Gasteiger partial charge in [-0.3, -0.25) is 9.59 Å². The van der Waals surface area contributed by atoms with Crippen molar-refractivity contribution in [3.05, 3.63) is 99.6 Å². The molecule has 0 saturated heterocycles. The zero-order valence-electron chi connectivity index (χ0n) is 36.0. The zero-order valence-corrected chi connectivity index (χ0v) is 36.0. The van der Waals surface area contributed by atoms with E-state index in [4.69, 9.17) is 9.47 Å². The van der Waals surface area contributed by atoms with Crippen LogP contribution >= 0.6 is 0 Å². The van der Waals surface area contributed by atoms with Crippen LogP contribution in [0.2, 0.25) is 0 Å². The molecule has 4 aromatic carbocycles. The van der Waals surface area contributed by atoms with Crippen molar-refractivity contribution in [2.45, 2.75) is 109 Å². The van der Waals surface area contributed by atoms with Gasteiger partial charge in [-0.2, -0.15) is 0 Å². The van der Waals surface area contributed by atoms with E-state index in [1.54, 1.807) is 0 Å².